The van der Waals surface area contributed by atoms with Crippen molar-refractivity contribution >= 4 is 23.1 Å². The summed E-state index contributed by atoms with van der Waals surface area (Å²) >= 11 is 1.62. The second-order valence-electron chi connectivity index (χ2n) is 4.81. The Bertz CT molecular complexity index is 654. The summed E-state index contributed by atoms with van der Waals surface area (Å²) in [6.45, 7) is 3.23. The van der Waals surface area contributed by atoms with Crippen molar-refractivity contribution in [2.45, 2.75) is 26.3 Å². The molecule has 2 N–H and O–H groups in total. The maximum atomic E-state index is 11.9. The molecule has 2 heterocycles. The minimum atomic E-state index is -0.222. The van der Waals surface area contributed by atoms with Crippen LogP contribution in [0.25, 0.3) is 0 Å². The third-order valence-electron chi connectivity index (χ3n) is 3.28. The molecule has 0 fully saturated rings. The van der Waals surface area contributed by atoms with Crippen LogP contribution in [0.1, 0.15) is 23.2 Å². The van der Waals surface area contributed by atoms with Gasteiger partial charge in [0, 0.05) is 17.5 Å². The quantitative estimate of drug-likeness (QED) is 0.912. The molecule has 0 spiro atoms. The molecule has 0 unspecified atom stereocenters. The van der Waals surface area contributed by atoms with Crippen LogP contribution in [0, 0.1) is 0 Å². The Morgan fingerprint density at radius 2 is 2.38 bits per heavy atom. The Hall–Kier alpha value is -2.08. The molecule has 1 aliphatic rings. The van der Waals surface area contributed by atoms with Crippen LogP contribution in [0.5, 0.6) is 5.75 Å². The van der Waals surface area contributed by atoms with E-state index < -0.39 is 0 Å². The summed E-state index contributed by atoms with van der Waals surface area (Å²) in [6.07, 6.45) is 1.82. The Morgan fingerprint density at radius 3 is 3.19 bits per heavy atom. The summed E-state index contributed by atoms with van der Waals surface area (Å²) < 4.78 is 5.44. The van der Waals surface area contributed by atoms with Gasteiger partial charge in [-0.25, -0.2) is 9.78 Å². The van der Waals surface area contributed by atoms with Crippen molar-refractivity contribution in [1.29, 1.82) is 0 Å². The first kappa shape index (κ1) is 13.9. The van der Waals surface area contributed by atoms with E-state index in [1.54, 1.807) is 11.3 Å². The van der Waals surface area contributed by atoms with Crippen molar-refractivity contribution in [2.24, 2.45) is 0 Å². The van der Waals surface area contributed by atoms with E-state index in [0.717, 1.165) is 40.5 Å². The number of benzene rings is 1. The zero-order chi connectivity index (χ0) is 14.7. The lowest BCUT2D eigenvalue weighted by molar-refractivity contribution is 0.251. The van der Waals surface area contributed by atoms with Gasteiger partial charge >= 0.3 is 6.03 Å². The summed E-state index contributed by atoms with van der Waals surface area (Å²) in [5.74, 6) is 0.913. The lowest BCUT2D eigenvalue weighted by Crippen LogP contribution is -2.28. The summed E-state index contributed by atoms with van der Waals surface area (Å²) in [4.78, 5) is 16.3. The van der Waals surface area contributed by atoms with E-state index >= 15 is 0 Å². The van der Waals surface area contributed by atoms with E-state index in [0.29, 0.717) is 13.2 Å². The minimum Gasteiger partial charge on any atom is -0.493 e. The average molecular weight is 303 g/mol. The van der Waals surface area contributed by atoms with Gasteiger partial charge in [0.05, 0.1) is 23.9 Å². The van der Waals surface area contributed by atoms with Crippen LogP contribution in [0.2, 0.25) is 0 Å². The molecule has 0 saturated carbocycles. The van der Waals surface area contributed by atoms with Gasteiger partial charge in [-0.1, -0.05) is 6.92 Å². The van der Waals surface area contributed by atoms with Crippen LogP contribution >= 0.6 is 11.3 Å². The summed E-state index contributed by atoms with van der Waals surface area (Å²) in [7, 11) is 0. The molecule has 3 rings (SSSR count). The average Bonchev–Trinajstić information content (AvgIpc) is 3.13. The van der Waals surface area contributed by atoms with Gasteiger partial charge in [-0.15, -0.1) is 11.3 Å². The summed E-state index contributed by atoms with van der Waals surface area (Å²) in [5, 5.41) is 8.71. The topological polar surface area (TPSA) is 63.2 Å². The van der Waals surface area contributed by atoms with E-state index in [9.17, 15) is 4.79 Å². The Kier molecular flexibility index (Phi) is 4.06. The minimum absolute atomic E-state index is 0.222. The number of carbonyl (C=O) groups excluding carboxylic acids is 1. The highest BCUT2D eigenvalue weighted by Gasteiger charge is 2.13. The SMILES string of the molecule is CCc1nc(CNC(=O)Nc2ccc3c(c2)CCO3)cs1. The Morgan fingerprint density at radius 1 is 1.48 bits per heavy atom. The number of aromatic nitrogens is 1. The molecule has 110 valence electrons. The number of amides is 2. The standard InChI is InChI=1S/C15H17N3O2S/c1-2-14-17-12(9-21-14)8-16-15(19)18-11-3-4-13-10(7-11)5-6-20-13/h3-4,7,9H,2,5-6,8H2,1H3,(H2,16,18,19). The van der Waals surface area contributed by atoms with Crippen LogP contribution in [-0.2, 0) is 19.4 Å². The third-order valence-corrected chi connectivity index (χ3v) is 4.32. The molecular weight excluding hydrogens is 286 g/mol. The zero-order valence-corrected chi connectivity index (χ0v) is 12.6. The highest BCUT2D eigenvalue weighted by Crippen LogP contribution is 2.27. The predicted molar refractivity (Wildman–Crippen MR) is 83.0 cm³/mol. The van der Waals surface area contributed by atoms with Crippen molar-refractivity contribution in [2.75, 3.05) is 11.9 Å². The van der Waals surface area contributed by atoms with E-state index in [4.69, 9.17) is 4.74 Å². The number of thiazole rings is 1. The third kappa shape index (κ3) is 3.33. The molecule has 21 heavy (non-hydrogen) atoms. The number of aryl methyl sites for hydroxylation is 1. The fourth-order valence-electron chi connectivity index (χ4n) is 2.20. The molecule has 0 saturated heterocycles. The molecule has 0 radical (unpaired) electrons. The van der Waals surface area contributed by atoms with Gasteiger partial charge < -0.3 is 15.4 Å². The van der Waals surface area contributed by atoms with Gasteiger partial charge in [0.25, 0.3) is 0 Å². The van der Waals surface area contributed by atoms with Crippen LogP contribution in [-0.4, -0.2) is 17.6 Å². The van der Waals surface area contributed by atoms with E-state index in [1.165, 1.54) is 0 Å². The maximum absolute atomic E-state index is 11.9. The first-order chi connectivity index (χ1) is 10.2. The van der Waals surface area contributed by atoms with Crippen LogP contribution in [0.15, 0.2) is 23.6 Å². The summed E-state index contributed by atoms with van der Waals surface area (Å²) in [6, 6.07) is 5.48. The van der Waals surface area contributed by atoms with Crippen molar-refractivity contribution < 1.29 is 9.53 Å². The predicted octanol–water partition coefficient (Wildman–Crippen LogP) is 2.96. The highest BCUT2D eigenvalue weighted by atomic mass is 32.1. The molecule has 0 atom stereocenters. The molecule has 6 heteroatoms. The molecular formula is C15H17N3O2S. The molecule has 5 nitrogen and oxygen atoms in total. The number of anilines is 1. The molecule has 1 aromatic heterocycles. The van der Waals surface area contributed by atoms with E-state index in [-0.39, 0.29) is 6.03 Å². The number of ether oxygens (including phenoxy) is 1. The molecule has 0 bridgehead atoms. The molecule has 1 aromatic carbocycles. The number of carbonyl (C=O) groups is 1. The number of urea groups is 1. The van der Waals surface area contributed by atoms with Gasteiger partial charge in [-0.2, -0.15) is 0 Å². The number of nitrogens with one attached hydrogen (secondary N) is 2. The van der Waals surface area contributed by atoms with Crippen LogP contribution in [0.3, 0.4) is 0 Å². The van der Waals surface area contributed by atoms with Crippen molar-refractivity contribution in [3.05, 3.63) is 39.8 Å². The fraction of sp³-hybridized carbons (Fsp3) is 0.333. The zero-order valence-electron chi connectivity index (χ0n) is 11.8. The normalized spacial score (nSPS) is 12.6. The second-order valence-corrected chi connectivity index (χ2v) is 5.76. The van der Waals surface area contributed by atoms with Gasteiger partial charge in [0.2, 0.25) is 0 Å². The lowest BCUT2D eigenvalue weighted by atomic mass is 10.1. The van der Waals surface area contributed by atoms with Crippen molar-refractivity contribution in [3.8, 4) is 5.75 Å². The van der Waals surface area contributed by atoms with E-state index in [1.807, 2.05) is 23.6 Å². The number of hydrogen-bond acceptors (Lipinski definition) is 4. The van der Waals surface area contributed by atoms with Gasteiger partial charge in [-0.05, 0) is 30.2 Å². The van der Waals surface area contributed by atoms with Gasteiger partial charge in [-0.3, -0.25) is 0 Å². The first-order valence-electron chi connectivity index (χ1n) is 6.98. The second kappa shape index (κ2) is 6.13. The molecule has 1 aliphatic heterocycles. The van der Waals surface area contributed by atoms with Gasteiger partial charge in [0.1, 0.15) is 5.75 Å². The molecule has 2 aromatic rings. The maximum Gasteiger partial charge on any atom is 0.319 e. The van der Waals surface area contributed by atoms with Crippen LogP contribution in [0.4, 0.5) is 10.5 Å². The Labute approximate surface area is 127 Å². The number of nitrogens with zero attached hydrogens (tertiary/aromatic N) is 1. The Balaban J connectivity index is 1.54. The molecule has 2 amide bonds. The number of hydrogen-bond donors (Lipinski definition) is 2. The van der Waals surface area contributed by atoms with Crippen molar-refractivity contribution in [3.63, 3.8) is 0 Å². The molecule has 0 aliphatic carbocycles. The van der Waals surface area contributed by atoms with Crippen LogP contribution < -0.4 is 15.4 Å². The highest BCUT2D eigenvalue weighted by molar-refractivity contribution is 7.09. The lowest BCUT2D eigenvalue weighted by Gasteiger charge is -2.07. The smallest absolute Gasteiger partial charge is 0.319 e. The first-order valence-corrected chi connectivity index (χ1v) is 7.86. The largest absolute Gasteiger partial charge is 0.493 e. The van der Waals surface area contributed by atoms with Gasteiger partial charge in [0.15, 0.2) is 0 Å². The summed E-state index contributed by atoms with van der Waals surface area (Å²) in [5.41, 5.74) is 2.82. The monoisotopic (exact) mass is 303 g/mol. The number of fused-ring (bicyclic) bond motifs is 1. The number of rotatable bonds is 4. The van der Waals surface area contributed by atoms with Crippen molar-refractivity contribution in [1.82, 2.24) is 10.3 Å². The fourth-order valence-corrected chi connectivity index (χ4v) is 2.95. The van der Waals surface area contributed by atoms with E-state index in [2.05, 4.69) is 22.5 Å².